The predicted molar refractivity (Wildman–Crippen MR) is 129 cm³/mol. The second kappa shape index (κ2) is 9.07. The fourth-order valence-corrected chi connectivity index (χ4v) is 3.51. The number of H-pyrrole nitrogens is 1. The lowest BCUT2D eigenvalue weighted by molar-refractivity contribution is 0.0974. The Balaban J connectivity index is 1.52. The van der Waals surface area contributed by atoms with Crippen LogP contribution in [0.1, 0.15) is 15.9 Å². The fraction of sp³-hybridized carbons (Fsp3) is 0.125. The number of aromatic amines is 1. The largest absolute Gasteiger partial charge is 0.497 e. The van der Waals surface area contributed by atoms with Gasteiger partial charge in [-0.25, -0.2) is 4.98 Å². The molecule has 7 nitrogen and oxygen atoms in total. The topological polar surface area (TPSA) is 88.3 Å². The SMILES string of the molecule is COc1ccc(C(=O)NC(=S)Nc2cc(-c3nc4ccccc4[nH]3)ccc2C)c(OC)c1. The maximum Gasteiger partial charge on any atom is 0.261 e. The third-order valence-corrected chi connectivity index (χ3v) is 5.23. The van der Waals surface area contributed by atoms with Crippen molar-refractivity contribution in [2.45, 2.75) is 6.92 Å². The van der Waals surface area contributed by atoms with E-state index in [0.717, 1.165) is 33.7 Å². The zero-order chi connectivity index (χ0) is 22.7. The van der Waals surface area contributed by atoms with Crippen molar-refractivity contribution in [3.05, 3.63) is 71.8 Å². The van der Waals surface area contributed by atoms with Crippen LogP contribution in [0.5, 0.6) is 11.5 Å². The van der Waals surface area contributed by atoms with E-state index in [1.807, 2.05) is 49.4 Å². The van der Waals surface area contributed by atoms with E-state index in [1.165, 1.54) is 7.11 Å². The first-order valence-electron chi connectivity index (χ1n) is 9.88. The summed E-state index contributed by atoms with van der Waals surface area (Å²) in [6.07, 6.45) is 0. The van der Waals surface area contributed by atoms with Gasteiger partial charge in [0.2, 0.25) is 0 Å². The van der Waals surface area contributed by atoms with E-state index in [4.69, 9.17) is 21.7 Å². The maximum atomic E-state index is 12.7. The van der Waals surface area contributed by atoms with E-state index < -0.39 is 0 Å². The molecular weight excluding hydrogens is 424 g/mol. The lowest BCUT2D eigenvalue weighted by atomic mass is 10.1. The molecular formula is C24H22N4O3S. The van der Waals surface area contributed by atoms with E-state index in [0.29, 0.717) is 17.1 Å². The molecule has 1 heterocycles. The van der Waals surface area contributed by atoms with Crippen LogP contribution in [-0.4, -0.2) is 35.2 Å². The predicted octanol–water partition coefficient (Wildman–Crippen LogP) is 4.68. The number of methoxy groups -OCH3 is 2. The van der Waals surface area contributed by atoms with Gasteiger partial charge >= 0.3 is 0 Å². The number of thiocarbonyl (C=S) groups is 1. The van der Waals surface area contributed by atoms with Crippen LogP contribution < -0.4 is 20.1 Å². The first-order chi connectivity index (χ1) is 15.5. The van der Waals surface area contributed by atoms with Gasteiger partial charge in [-0.3, -0.25) is 10.1 Å². The van der Waals surface area contributed by atoms with Crippen LogP contribution in [0, 0.1) is 6.92 Å². The number of carbonyl (C=O) groups excluding carboxylic acids is 1. The van der Waals surface area contributed by atoms with Crippen molar-refractivity contribution in [1.82, 2.24) is 15.3 Å². The smallest absolute Gasteiger partial charge is 0.261 e. The highest BCUT2D eigenvalue weighted by molar-refractivity contribution is 7.80. The number of rotatable bonds is 5. The Morgan fingerprint density at radius 2 is 1.84 bits per heavy atom. The highest BCUT2D eigenvalue weighted by Gasteiger charge is 2.15. The number of carbonyl (C=O) groups is 1. The fourth-order valence-electron chi connectivity index (χ4n) is 3.30. The summed E-state index contributed by atoms with van der Waals surface area (Å²) in [5.74, 6) is 1.37. The van der Waals surface area contributed by atoms with Crippen molar-refractivity contribution in [3.63, 3.8) is 0 Å². The van der Waals surface area contributed by atoms with Crippen LogP contribution in [0.3, 0.4) is 0 Å². The Morgan fingerprint density at radius 1 is 1.03 bits per heavy atom. The van der Waals surface area contributed by atoms with Gasteiger partial charge in [0.15, 0.2) is 5.11 Å². The van der Waals surface area contributed by atoms with Gasteiger partial charge in [-0.05, 0) is 55.0 Å². The summed E-state index contributed by atoms with van der Waals surface area (Å²) in [7, 11) is 3.05. The number of ether oxygens (including phenoxy) is 2. The molecule has 0 bridgehead atoms. The van der Waals surface area contributed by atoms with Crippen molar-refractivity contribution >= 4 is 40.0 Å². The Morgan fingerprint density at radius 3 is 2.59 bits per heavy atom. The molecule has 1 amide bonds. The molecule has 162 valence electrons. The van der Waals surface area contributed by atoms with E-state index in [1.54, 1.807) is 25.3 Å². The van der Waals surface area contributed by atoms with Gasteiger partial charge < -0.3 is 19.8 Å². The molecule has 0 fully saturated rings. The summed E-state index contributed by atoms with van der Waals surface area (Å²) in [6.45, 7) is 1.96. The standard InChI is InChI=1S/C24H22N4O3S/c1-14-8-9-15(22-25-18-6-4-5-7-19(18)26-22)12-20(14)27-24(32)28-23(29)17-11-10-16(30-2)13-21(17)31-3/h4-13H,1-3H3,(H,25,26)(H2,27,28,29,32). The Hall–Kier alpha value is -3.91. The Bertz CT molecular complexity index is 1280. The molecule has 0 aliphatic rings. The molecule has 0 aliphatic heterocycles. The number of nitrogens with zero attached hydrogens (tertiary/aromatic N) is 1. The summed E-state index contributed by atoms with van der Waals surface area (Å²) in [5, 5.41) is 5.99. The van der Waals surface area contributed by atoms with Crippen LogP contribution in [0.2, 0.25) is 0 Å². The number of anilines is 1. The number of aryl methyl sites for hydroxylation is 1. The number of nitrogens with one attached hydrogen (secondary N) is 3. The number of aromatic nitrogens is 2. The first-order valence-corrected chi connectivity index (χ1v) is 10.3. The monoisotopic (exact) mass is 446 g/mol. The molecule has 4 rings (SSSR count). The summed E-state index contributed by atoms with van der Waals surface area (Å²) in [6, 6.07) is 18.7. The summed E-state index contributed by atoms with van der Waals surface area (Å²) in [5.41, 5.74) is 4.87. The quantitative estimate of drug-likeness (QED) is 0.386. The Kier molecular flexibility index (Phi) is 6.04. The molecule has 0 unspecified atom stereocenters. The van der Waals surface area contributed by atoms with Crippen LogP contribution in [0.15, 0.2) is 60.7 Å². The van der Waals surface area contributed by atoms with Crippen LogP contribution >= 0.6 is 12.2 Å². The summed E-state index contributed by atoms with van der Waals surface area (Å²) < 4.78 is 10.5. The lowest BCUT2D eigenvalue weighted by Crippen LogP contribution is -2.34. The number of para-hydroxylation sites is 2. The minimum absolute atomic E-state index is 0.178. The number of amides is 1. The third-order valence-electron chi connectivity index (χ3n) is 5.03. The average molecular weight is 447 g/mol. The second-order valence-electron chi connectivity index (χ2n) is 7.11. The molecule has 0 radical (unpaired) electrons. The van der Waals surface area contributed by atoms with Gasteiger partial charge in [0.1, 0.15) is 17.3 Å². The first kappa shape index (κ1) is 21.3. The Labute approximate surface area is 190 Å². The number of hydrogen-bond donors (Lipinski definition) is 3. The third kappa shape index (κ3) is 4.40. The molecule has 0 saturated heterocycles. The van der Waals surface area contributed by atoms with Crippen LogP contribution in [0.4, 0.5) is 5.69 Å². The highest BCUT2D eigenvalue weighted by Crippen LogP contribution is 2.26. The van der Waals surface area contributed by atoms with Gasteiger partial charge in [0, 0.05) is 17.3 Å². The molecule has 0 atom stereocenters. The maximum absolute atomic E-state index is 12.7. The molecule has 0 saturated carbocycles. The molecule has 8 heteroatoms. The molecule has 0 aliphatic carbocycles. The van der Waals surface area contributed by atoms with E-state index >= 15 is 0 Å². The molecule has 0 spiro atoms. The second-order valence-corrected chi connectivity index (χ2v) is 7.51. The lowest BCUT2D eigenvalue weighted by Gasteiger charge is -2.14. The number of hydrogen-bond acceptors (Lipinski definition) is 5. The van der Waals surface area contributed by atoms with Crippen molar-refractivity contribution in [3.8, 4) is 22.9 Å². The number of benzene rings is 3. The van der Waals surface area contributed by atoms with Crippen molar-refractivity contribution in [2.24, 2.45) is 0 Å². The van der Waals surface area contributed by atoms with Gasteiger partial charge in [0.25, 0.3) is 5.91 Å². The average Bonchev–Trinajstić information content (AvgIpc) is 3.24. The van der Waals surface area contributed by atoms with Gasteiger partial charge in [0.05, 0.1) is 30.8 Å². The zero-order valence-electron chi connectivity index (χ0n) is 17.9. The molecule has 3 N–H and O–H groups in total. The van der Waals surface area contributed by atoms with Gasteiger partial charge in [-0.1, -0.05) is 24.3 Å². The summed E-state index contributed by atoms with van der Waals surface area (Å²) >= 11 is 5.38. The zero-order valence-corrected chi connectivity index (χ0v) is 18.7. The molecule has 3 aromatic carbocycles. The van der Waals surface area contributed by atoms with Crippen LogP contribution in [-0.2, 0) is 0 Å². The molecule has 4 aromatic rings. The number of imidazole rings is 1. The van der Waals surface area contributed by atoms with Gasteiger partial charge in [-0.2, -0.15) is 0 Å². The van der Waals surface area contributed by atoms with Crippen molar-refractivity contribution in [1.29, 1.82) is 0 Å². The number of fused-ring (bicyclic) bond motifs is 1. The van der Waals surface area contributed by atoms with Crippen LogP contribution in [0.25, 0.3) is 22.4 Å². The van der Waals surface area contributed by atoms with E-state index in [9.17, 15) is 4.79 Å². The van der Waals surface area contributed by atoms with E-state index in [2.05, 4.69) is 20.6 Å². The van der Waals surface area contributed by atoms with Crippen molar-refractivity contribution < 1.29 is 14.3 Å². The minimum atomic E-state index is -0.381. The molecule has 1 aromatic heterocycles. The van der Waals surface area contributed by atoms with Crippen molar-refractivity contribution in [2.75, 3.05) is 19.5 Å². The highest BCUT2D eigenvalue weighted by atomic mass is 32.1. The van der Waals surface area contributed by atoms with E-state index in [-0.39, 0.29) is 11.0 Å². The normalized spacial score (nSPS) is 10.6. The summed E-state index contributed by atoms with van der Waals surface area (Å²) in [4.78, 5) is 20.7. The molecule has 32 heavy (non-hydrogen) atoms. The van der Waals surface area contributed by atoms with Gasteiger partial charge in [-0.15, -0.1) is 0 Å². The minimum Gasteiger partial charge on any atom is -0.497 e.